The largest absolute Gasteiger partial charge is 0.368 e. The van der Waals surface area contributed by atoms with Gasteiger partial charge < -0.3 is 19.6 Å². The van der Waals surface area contributed by atoms with Gasteiger partial charge in [0, 0.05) is 58.0 Å². The number of fused-ring (bicyclic) bond motifs is 1. The Kier molecular flexibility index (Phi) is 5.53. The van der Waals surface area contributed by atoms with Gasteiger partial charge in [0.25, 0.3) is 0 Å². The molecule has 3 aromatic rings. The number of hydrogen-bond donors (Lipinski definition) is 0. The molecule has 3 heterocycles. The van der Waals surface area contributed by atoms with E-state index in [0.717, 1.165) is 58.0 Å². The molecular formula is C23H29N7O3. The monoisotopic (exact) mass is 451 g/mol. The summed E-state index contributed by atoms with van der Waals surface area (Å²) < 4.78 is 5.00. The topological polar surface area (TPSA) is 95.0 Å². The van der Waals surface area contributed by atoms with Crippen LogP contribution in [0.5, 0.6) is 0 Å². The van der Waals surface area contributed by atoms with Gasteiger partial charge in [0.2, 0.25) is 5.52 Å². The Balaban J connectivity index is 1.47. The number of nitro benzene ring substituents is 1. The molecule has 5 rings (SSSR count). The minimum absolute atomic E-state index is 0.0198. The van der Waals surface area contributed by atoms with Crippen molar-refractivity contribution in [2.24, 2.45) is 0 Å². The van der Waals surface area contributed by atoms with Crippen LogP contribution in [0.15, 0.2) is 28.9 Å². The maximum Gasteiger partial charge on any atom is 0.323 e. The van der Waals surface area contributed by atoms with Crippen molar-refractivity contribution < 1.29 is 9.55 Å². The lowest BCUT2D eigenvalue weighted by Gasteiger charge is -2.39. The third-order valence-electron chi connectivity index (χ3n) is 7.04. The summed E-state index contributed by atoms with van der Waals surface area (Å²) in [5.74, 6) is 0. The standard InChI is InChI=1S/C23H29N7O3/c1-16-5-4-6-18(17(16)2)27-11-13-28(14-12-27)19-15-20(29-9-7-26(3)8-10-29)23(30(31)32)22-21(19)24-33-25-22/h4-6,15H,7-14H2,1-3H3. The summed E-state index contributed by atoms with van der Waals surface area (Å²) in [6.45, 7) is 10.8. The van der Waals surface area contributed by atoms with Crippen LogP contribution in [0.3, 0.4) is 0 Å². The highest BCUT2D eigenvalue weighted by molar-refractivity contribution is 6.00. The first-order chi connectivity index (χ1) is 15.9. The molecule has 1 aromatic heterocycles. The zero-order chi connectivity index (χ0) is 23.1. The summed E-state index contributed by atoms with van der Waals surface area (Å²) in [7, 11) is 2.07. The number of piperazine rings is 2. The van der Waals surface area contributed by atoms with Gasteiger partial charge in [-0.3, -0.25) is 10.1 Å². The van der Waals surface area contributed by atoms with Gasteiger partial charge in [-0.2, -0.15) is 0 Å². The summed E-state index contributed by atoms with van der Waals surface area (Å²) in [5, 5.41) is 20.0. The Morgan fingerprint density at radius 1 is 0.848 bits per heavy atom. The van der Waals surface area contributed by atoms with Gasteiger partial charge in [-0.1, -0.05) is 12.1 Å². The van der Waals surface area contributed by atoms with E-state index in [1.165, 1.54) is 16.8 Å². The van der Waals surface area contributed by atoms with E-state index in [1.54, 1.807) is 0 Å². The lowest BCUT2D eigenvalue weighted by atomic mass is 10.1. The van der Waals surface area contributed by atoms with Crippen molar-refractivity contribution in [2.45, 2.75) is 13.8 Å². The number of rotatable bonds is 4. The second kappa shape index (κ2) is 8.51. The molecule has 0 radical (unpaired) electrons. The van der Waals surface area contributed by atoms with Crippen molar-refractivity contribution in [1.82, 2.24) is 15.2 Å². The smallest absolute Gasteiger partial charge is 0.323 e. The van der Waals surface area contributed by atoms with E-state index in [4.69, 9.17) is 4.63 Å². The number of aromatic nitrogens is 2. The molecule has 2 fully saturated rings. The molecular weight excluding hydrogens is 422 g/mol. The van der Waals surface area contributed by atoms with Crippen LogP contribution in [-0.4, -0.2) is 79.5 Å². The summed E-state index contributed by atoms with van der Waals surface area (Å²) >= 11 is 0. The highest BCUT2D eigenvalue weighted by Gasteiger charge is 2.32. The van der Waals surface area contributed by atoms with Crippen molar-refractivity contribution in [3.63, 3.8) is 0 Å². The zero-order valence-electron chi connectivity index (χ0n) is 19.3. The maximum atomic E-state index is 12.0. The van der Waals surface area contributed by atoms with Gasteiger partial charge in [0.1, 0.15) is 5.69 Å². The van der Waals surface area contributed by atoms with Crippen LogP contribution in [0.1, 0.15) is 11.1 Å². The molecule has 2 aliphatic rings. The van der Waals surface area contributed by atoms with Crippen LogP contribution in [-0.2, 0) is 0 Å². The first-order valence-corrected chi connectivity index (χ1v) is 11.4. The third-order valence-corrected chi connectivity index (χ3v) is 7.04. The number of benzene rings is 2. The number of nitro groups is 1. The number of nitrogens with zero attached hydrogens (tertiary/aromatic N) is 7. The van der Waals surface area contributed by atoms with Gasteiger partial charge in [0.15, 0.2) is 5.52 Å². The van der Waals surface area contributed by atoms with Gasteiger partial charge in [-0.25, -0.2) is 4.63 Å². The zero-order valence-corrected chi connectivity index (χ0v) is 19.3. The predicted molar refractivity (Wildman–Crippen MR) is 129 cm³/mol. The normalized spacial score (nSPS) is 17.7. The fourth-order valence-electron chi connectivity index (χ4n) is 4.88. The molecule has 0 bridgehead atoms. The molecule has 2 aromatic carbocycles. The molecule has 2 aliphatic heterocycles. The van der Waals surface area contributed by atoms with Crippen LogP contribution < -0.4 is 14.7 Å². The van der Waals surface area contributed by atoms with Crippen molar-refractivity contribution in [3.8, 4) is 0 Å². The maximum absolute atomic E-state index is 12.0. The van der Waals surface area contributed by atoms with Crippen LogP contribution in [0, 0.1) is 24.0 Å². The first kappa shape index (κ1) is 21.4. The van der Waals surface area contributed by atoms with Crippen LogP contribution in [0.25, 0.3) is 11.0 Å². The number of aryl methyl sites for hydroxylation is 1. The molecule has 0 saturated carbocycles. The van der Waals surface area contributed by atoms with Crippen molar-refractivity contribution in [1.29, 1.82) is 0 Å². The average Bonchev–Trinajstić information content (AvgIpc) is 3.30. The third kappa shape index (κ3) is 3.84. The Hall–Kier alpha value is -3.40. The van der Waals surface area contributed by atoms with E-state index in [2.05, 4.69) is 69.0 Å². The molecule has 2 saturated heterocycles. The quantitative estimate of drug-likeness (QED) is 0.438. The van der Waals surface area contributed by atoms with Crippen molar-refractivity contribution >= 4 is 33.8 Å². The Morgan fingerprint density at radius 3 is 2.09 bits per heavy atom. The molecule has 33 heavy (non-hydrogen) atoms. The minimum Gasteiger partial charge on any atom is -0.368 e. The number of hydrogen-bond acceptors (Lipinski definition) is 9. The van der Waals surface area contributed by atoms with Crippen molar-refractivity contribution in [3.05, 3.63) is 45.5 Å². The molecule has 174 valence electrons. The SMILES string of the molecule is Cc1cccc(N2CCN(c3cc(N4CCN(C)CC4)c([N+](=O)[O-])c4nonc34)CC2)c1C. The molecule has 0 atom stereocenters. The molecule has 10 nitrogen and oxygen atoms in total. The highest BCUT2D eigenvalue weighted by atomic mass is 16.6. The van der Waals surface area contributed by atoms with E-state index in [-0.39, 0.29) is 16.1 Å². The van der Waals surface area contributed by atoms with E-state index < -0.39 is 0 Å². The van der Waals surface area contributed by atoms with E-state index >= 15 is 0 Å². The van der Waals surface area contributed by atoms with Gasteiger partial charge in [-0.05, 0) is 54.5 Å². The van der Waals surface area contributed by atoms with Gasteiger partial charge >= 0.3 is 5.69 Å². The fraction of sp³-hybridized carbons (Fsp3) is 0.478. The summed E-state index contributed by atoms with van der Waals surface area (Å²) in [4.78, 5) is 20.6. The average molecular weight is 452 g/mol. The lowest BCUT2D eigenvalue weighted by molar-refractivity contribution is -0.382. The lowest BCUT2D eigenvalue weighted by Crippen LogP contribution is -2.47. The first-order valence-electron chi connectivity index (χ1n) is 11.4. The Morgan fingerprint density at radius 2 is 1.42 bits per heavy atom. The molecule has 0 amide bonds. The Bertz CT molecular complexity index is 1180. The molecule has 0 unspecified atom stereocenters. The van der Waals surface area contributed by atoms with Crippen LogP contribution in [0.4, 0.5) is 22.7 Å². The summed E-state index contributed by atoms with van der Waals surface area (Å²) in [5.41, 5.74) is 5.98. The van der Waals surface area contributed by atoms with Crippen molar-refractivity contribution in [2.75, 3.05) is 74.1 Å². The van der Waals surface area contributed by atoms with E-state index in [1.807, 2.05) is 6.07 Å². The highest BCUT2D eigenvalue weighted by Crippen LogP contribution is 2.41. The molecule has 0 spiro atoms. The summed E-state index contributed by atoms with van der Waals surface area (Å²) in [6, 6.07) is 8.34. The van der Waals surface area contributed by atoms with Gasteiger partial charge in [-0.15, -0.1) is 0 Å². The van der Waals surface area contributed by atoms with Crippen LogP contribution in [0.2, 0.25) is 0 Å². The minimum atomic E-state index is -0.359. The second-order valence-corrected chi connectivity index (χ2v) is 8.97. The predicted octanol–water partition coefficient (Wildman–Crippen LogP) is 2.83. The van der Waals surface area contributed by atoms with E-state index in [9.17, 15) is 10.1 Å². The fourth-order valence-corrected chi connectivity index (χ4v) is 4.88. The van der Waals surface area contributed by atoms with Crippen LogP contribution >= 0.6 is 0 Å². The number of likely N-dealkylation sites (N-methyl/N-ethyl adjacent to an activating group) is 1. The van der Waals surface area contributed by atoms with Gasteiger partial charge in [0.05, 0.1) is 10.6 Å². The molecule has 0 N–H and O–H groups in total. The van der Waals surface area contributed by atoms with E-state index in [0.29, 0.717) is 11.2 Å². The molecule has 0 aliphatic carbocycles. The molecule has 10 heteroatoms. The number of anilines is 3. The second-order valence-electron chi connectivity index (χ2n) is 8.97. The summed E-state index contributed by atoms with van der Waals surface area (Å²) in [6.07, 6.45) is 0. The Labute approximate surface area is 192 Å².